The molecule has 2 aromatic heterocycles. The molecule has 0 aliphatic carbocycles. The molecule has 4 nitrogen and oxygen atoms in total. The molecule has 2 heterocycles. The molecule has 0 fully saturated rings. The Bertz CT molecular complexity index is 1240. The standard InChI is InChI=1S/C19H15BrN2O2S/c1-10-7-14-17(16(20)11(10)2)21-19-22(14)18(23)15(25-19)9-12-5-4-6-13(8-12)24-3/h4-9H,1-3H3/b15-9+. The van der Waals surface area contributed by atoms with Crippen molar-refractivity contribution in [1.29, 1.82) is 0 Å². The summed E-state index contributed by atoms with van der Waals surface area (Å²) in [6, 6.07) is 9.68. The Morgan fingerprint density at radius 1 is 1.28 bits per heavy atom. The number of aryl methyl sites for hydroxylation is 1. The molecule has 126 valence electrons. The summed E-state index contributed by atoms with van der Waals surface area (Å²) >= 11 is 5.01. The summed E-state index contributed by atoms with van der Waals surface area (Å²) < 4.78 is 8.56. The van der Waals surface area contributed by atoms with Crippen LogP contribution in [0.1, 0.15) is 16.7 Å². The maximum absolute atomic E-state index is 12.9. The SMILES string of the molecule is COc1cccc(/C=c2/sc3nc4c(Br)c(C)c(C)cc4n3c2=O)c1. The lowest BCUT2D eigenvalue weighted by atomic mass is 10.1. The van der Waals surface area contributed by atoms with Crippen LogP contribution in [-0.4, -0.2) is 16.5 Å². The van der Waals surface area contributed by atoms with E-state index in [4.69, 9.17) is 4.74 Å². The van der Waals surface area contributed by atoms with Crippen LogP contribution in [0, 0.1) is 13.8 Å². The zero-order valence-electron chi connectivity index (χ0n) is 14.0. The van der Waals surface area contributed by atoms with Gasteiger partial charge in [0.1, 0.15) is 11.3 Å². The Morgan fingerprint density at radius 3 is 2.84 bits per heavy atom. The molecule has 0 aliphatic heterocycles. The van der Waals surface area contributed by atoms with E-state index in [0.29, 0.717) is 9.49 Å². The van der Waals surface area contributed by atoms with Gasteiger partial charge in [0, 0.05) is 4.47 Å². The van der Waals surface area contributed by atoms with Crippen LogP contribution in [-0.2, 0) is 0 Å². The van der Waals surface area contributed by atoms with E-state index in [-0.39, 0.29) is 5.56 Å². The van der Waals surface area contributed by atoms with Crippen LogP contribution in [0.15, 0.2) is 39.6 Å². The number of imidazole rings is 1. The maximum Gasteiger partial charge on any atom is 0.274 e. The van der Waals surface area contributed by atoms with Gasteiger partial charge in [-0.15, -0.1) is 0 Å². The highest BCUT2D eigenvalue weighted by molar-refractivity contribution is 9.10. The molecule has 2 aromatic carbocycles. The van der Waals surface area contributed by atoms with Crippen molar-refractivity contribution in [3.63, 3.8) is 0 Å². The summed E-state index contributed by atoms with van der Waals surface area (Å²) in [5.74, 6) is 0.767. The van der Waals surface area contributed by atoms with Gasteiger partial charge in [-0.05, 0) is 70.7 Å². The van der Waals surface area contributed by atoms with Gasteiger partial charge in [-0.2, -0.15) is 0 Å². The summed E-state index contributed by atoms with van der Waals surface area (Å²) in [4.78, 5) is 18.3. The molecule has 0 saturated carbocycles. The highest BCUT2D eigenvalue weighted by Crippen LogP contribution is 2.30. The van der Waals surface area contributed by atoms with Crippen molar-refractivity contribution in [2.45, 2.75) is 13.8 Å². The first-order valence-corrected chi connectivity index (χ1v) is 9.37. The molecule has 0 aliphatic rings. The van der Waals surface area contributed by atoms with Crippen LogP contribution >= 0.6 is 27.3 Å². The molecule has 0 unspecified atom stereocenters. The van der Waals surface area contributed by atoms with E-state index >= 15 is 0 Å². The van der Waals surface area contributed by atoms with Gasteiger partial charge in [0.15, 0.2) is 4.96 Å². The number of benzene rings is 2. The highest BCUT2D eigenvalue weighted by Gasteiger charge is 2.15. The number of fused-ring (bicyclic) bond motifs is 3. The van der Waals surface area contributed by atoms with E-state index < -0.39 is 0 Å². The lowest BCUT2D eigenvalue weighted by molar-refractivity contribution is 0.414. The predicted molar refractivity (Wildman–Crippen MR) is 106 cm³/mol. The number of methoxy groups -OCH3 is 1. The van der Waals surface area contributed by atoms with Gasteiger partial charge in [-0.1, -0.05) is 23.5 Å². The zero-order valence-corrected chi connectivity index (χ0v) is 16.4. The topological polar surface area (TPSA) is 43.6 Å². The first kappa shape index (κ1) is 16.3. The third-order valence-corrected chi connectivity index (χ3v) is 6.31. The molecule has 4 aromatic rings. The second kappa shape index (κ2) is 5.97. The normalized spacial score (nSPS) is 12.4. The fraction of sp³-hybridized carbons (Fsp3) is 0.158. The molecule has 0 spiro atoms. The Morgan fingerprint density at radius 2 is 2.08 bits per heavy atom. The fourth-order valence-corrected chi connectivity index (χ4v) is 4.45. The summed E-state index contributed by atoms with van der Waals surface area (Å²) in [7, 11) is 1.63. The lowest BCUT2D eigenvalue weighted by Crippen LogP contribution is -2.22. The van der Waals surface area contributed by atoms with Gasteiger partial charge in [0.05, 0.1) is 17.2 Å². The lowest BCUT2D eigenvalue weighted by Gasteiger charge is -2.03. The van der Waals surface area contributed by atoms with Gasteiger partial charge in [0.2, 0.25) is 0 Å². The number of nitrogens with zero attached hydrogens (tertiary/aromatic N) is 2. The summed E-state index contributed by atoms with van der Waals surface area (Å²) in [6.45, 7) is 4.09. The van der Waals surface area contributed by atoms with Gasteiger partial charge in [-0.3, -0.25) is 4.79 Å². The number of ether oxygens (including phenoxy) is 1. The largest absolute Gasteiger partial charge is 0.497 e. The molecule has 0 amide bonds. The zero-order chi connectivity index (χ0) is 17.7. The Labute approximate surface area is 156 Å². The minimum atomic E-state index is -0.0412. The van der Waals surface area contributed by atoms with Crippen molar-refractivity contribution in [3.05, 3.63) is 66.4 Å². The molecule has 6 heteroatoms. The predicted octanol–water partition coefficient (Wildman–Crippen LogP) is 3.84. The second-order valence-corrected chi connectivity index (χ2v) is 7.72. The maximum atomic E-state index is 12.9. The fourth-order valence-electron chi connectivity index (χ4n) is 2.86. The van der Waals surface area contributed by atoms with E-state index in [9.17, 15) is 4.79 Å². The Balaban J connectivity index is 2.00. The van der Waals surface area contributed by atoms with Crippen molar-refractivity contribution >= 4 is 49.3 Å². The number of aromatic nitrogens is 2. The average Bonchev–Trinajstić information content (AvgIpc) is 3.11. The Hall–Kier alpha value is -2.18. The van der Waals surface area contributed by atoms with Crippen molar-refractivity contribution in [3.8, 4) is 5.75 Å². The van der Waals surface area contributed by atoms with Gasteiger partial charge < -0.3 is 4.74 Å². The number of rotatable bonds is 2. The van der Waals surface area contributed by atoms with Gasteiger partial charge in [-0.25, -0.2) is 9.38 Å². The van der Waals surface area contributed by atoms with Crippen LogP contribution in [0.5, 0.6) is 5.75 Å². The third kappa shape index (κ3) is 2.56. The highest BCUT2D eigenvalue weighted by atomic mass is 79.9. The third-order valence-electron chi connectivity index (χ3n) is 4.37. The minimum Gasteiger partial charge on any atom is -0.497 e. The smallest absolute Gasteiger partial charge is 0.274 e. The quantitative estimate of drug-likeness (QED) is 0.500. The number of halogens is 1. The van der Waals surface area contributed by atoms with E-state index in [1.54, 1.807) is 11.5 Å². The number of hydrogen-bond donors (Lipinski definition) is 0. The molecule has 0 bridgehead atoms. The van der Waals surface area contributed by atoms with Crippen molar-refractivity contribution in [2.75, 3.05) is 7.11 Å². The van der Waals surface area contributed by atoms with Crippen LogP contribution in [0.4, 0.5) is 0 Å². The van der Waals surface area contributed by atoms with E-state index in [1.165, 1.54) is 11.3 Å². The van der Waals surface area contributed by atoms with Crippen molar-refractivity contribution in [1.82, 2.24) is 9.38 Å². The van der Waals surface area contributed by atoms with E-state index in [1.807, 2.05) is 50.3 Å². The number of thiazole rings is 1. The van der Waals surface area contributed by atoms with Crippen molar-refractivity contribution in [2.24, 2.45) is 0 Å². The molecular weight excluding hydrogens is 400 g/mol. The van der Waals surface area contributed by atoms with E-state index in [2.05, 4.69) is 20.9 Å². The summed E-state index contributed by atoms with van der Waals surface area (Å²) in [5.41, 5.74) is 4.84. The number of hydrogen-bond acceptors (Lipinski definition) is 4. The van der Waals surface area contributed by atoms with Crippen molar-refractivity contribution < 1.29 is 4.74 Å². The Kier molecular flexibility index (Phi) is 3.89. The molecule has 0 N–H and O–H groups in total. The van der Waals surface area contributed by atoms with Gasteiger partial charge in [0.25, 0.3) is 5.56 Å². The molecule has 0 saturated heterocycles. The first-order valence-electron chi connectivity index (χ1n) is 7.76. The monoisotopic (exact) mass is 414 g/mol. The van der Waals surface area contributed by atoms with Gasteiger partial charge >= 0.3 is 0 Å². The summed E-state index contributed by atoms with van der Waals surface area (Å²) in [6.07, 6.45) is 1.88. The molecular formula is C19H15BrN2O2S. The molecule has 0 radical (unpaired) electrons. The molecule has 25 heavy (non-hydrogen) atoms. The molecule has 0 atom stereocenters. The molecule has 4 rings (SSSR count). The average molecular weight is 415 g/mol. The summed E-state index contributed by atoms with van der Waals surface area (Å²) in [5, 5.41) is 0. The first-order chi connectivity index (χ1) is 12.0. The second-order valence-electron chi connectivity index (χ2n) is 5.92. The van der Waals surface area contributed by atoms with Crippen LogP contribution in [0.3, 0.4) is 0 Å². The van der Waals surface area contributed by atoms with Crippen LogP contribution < -0.4 is 14.8 Å². The van der Waals surface area contributed by atoms with E-state index in [0.717, 1.165) is 37.9 Å². The van der Waals surface area contributed by atoms with Crippen LogP contribution in [0.2, 0.25) is 0 Å². The minimum absolute atomic E-state index is 0.0412. The van der Waals surface area contributed by atoms with Crippen LogP contribution in [0.25, 0.3) is 22.1 Å².